The molecule has 7 heteroatoms. The number of carbonyl (C=O) groups is 1. The molecule has 2 heterocycles. The summed E-state index contributed by atoms with van der Waals surface area (Å²) in [5.41, 5.74) is 0. The summed E-state index contributed by atoms with van der Waals surface area (Å²) in [6.45, 7) is 2.81. The summed E-state index contributed by atoms with van der Waals surface area (Å²) in [7, 11) is 0. The third-order valence-corrected chi connectivity index (χ3v) is 6.13. The first kappa shape index (κ1) is 26.1. The maximum Gasteiger partial charge on any atom is 0.226 e. The Morgan fingerprint density at radius 1 is 0.938 bits per heavy atom. The molecule has 0 fully saturated rings. The van der Waals surface area contributed by atoms with Crippen LogP contribution in [0, 0.1) is 0 Å². The lowest BCUT2D eigenvalue weighted by molar-refractivity contribution is -0.116. The van der Waals surface area contributed by atoms with Crippen molar-refractivity contribution in [2.75, 3.05) is 10.6 Å². The van der Waals surface area contributed by atoms with E-state index in [2.05, 4.69) is 39.9 Å². The van der Waals surface area contributed by atoms with Crippen LogP contribution in [-0.2, 0) is 11.3 Å². The maximum absolute atomic E-state index is 12.1. The van der Waals surface area contributed by atoms with Crippen LogP contribution in [0.2, 0.25) is 0 Å². The molecule has 32 heavy (non-hydrogen) atoms. The van der Waals surface area contributed by atoms with Crippen molar-refractivity contribution in [3.63, 3.8) is 0 Å². The SMILES string of the molecule is CCCCCCCCC=CCCCCCCCC(=O)Nc1nnc(NCc2ccco2)s1. The lowest BCUT2D eigenvalue weighted by atomic mass is 10.1. The molecule has 2 rings (SSSR count). The molecule has 0 unspecified atom stereocenters. The second-order valence-electron chi connectivity index (χ2n) is 8.23. The quantitative estimate of drug-likeness (QED) is 0.166. The summed E-state index contributed by atoms with van der Waals surface area (Å²) >= 11 is 1.33. The zero-order valence-electron chi connectivity index (χ0n) is 19.6. The van der Waals surface area contributed by atoms with Crippen molar-refractivity contribution in [2.45, 2.75) is 103 Å². The summed E-state index contributed by atoms with van der Waals surface area (Å²) in [5.74, 6) is 0.839. The number of anilines is 2. The number of carbonyl (C=O) groups excluding carboxylic acids is 1. The number of allylic oxidation sites excluding steroid dienone is 2. The third-order valence-electron chi connectivity index (χ3n) is 5.33. The molecule has 0 aromatic carbocycles. The molecular weight excluding hydrogens is 420 g/mol. The fourth-order valence-corrected chi connectivity index (χ4v) is 4.11. The minimum atomic E-state index is 0.0105. The van der Waals surface area contributed by atoms with Crippen LogP contribution >= 0.6 is 11.3 Å². The summed E-state index contributed by atoms with van der Waals surface area (Å²) in [4.78, 5) is 12.1. The molecule has 0 atom stereocenters. The van der Waals surface area contributed by atoms with E-state index in [1.165, 1.54) is 82.0 Å². The fourth-order valence-electron chi connectivity index (χ4n) is 3.46. The Balaban J connectivity index is 1.39. The Bertz CT molecular complexity index is 743. The zero-order chi connectivity index (χ0) is 22.7. The Morgan fingerprint density at radius 2 is 1.59 bits per heavy atom. The first-order valence-corrected chi connectivity index (χ1v) is 13.1. The van der Waals surface area contributed by atoms with Gasteiger partial charge in [0.2, 0.25) is 16.2 Å². The van der Waals surface area contributed by atoms with Crippen molar-refractivity contribution in [1.82, 2.24) is 10.2 Å². The number of hydrogen-bond acceptors (Lipinski definition) is 6. The summed E-state index contributed by atoms with van der Waals surface area (Å²) in [5, 5.41) is 15.2. The summed E-state index contributed by atoms with van der Waals surface area (Å²) in [6.07, 6.45) is 23.2. The van der Waals surface area contributed by atoms with E-state index in [9.17, 15) is 4.79 Å². The number of rotatable bonds is 19. The van der Waals surface area contributed by atoms with E-state index in [0.717, 1.165) is 18.6 Å². The van der Waals surface area contributed by atoms with Crippen molar-refractivity contribution < 1.29 is 9.21 Å². The van der Waals surface area contributed by atoms with Gasteiger partial charge in [-0.2, -0.15) is 0 Å². The number of nitrogens with one attached hydrogen (secondary N) is 2. The predicted octanol–water partition coefficient (Wildman–Crippen LogP) is 7.72. The number of hydrogen-bond donors (Lipinski definition) is 2. The number of unbranched alkanes of at least 4 members (excludes halogenated alkanes) is 11. The smallest absolute Gasteiger partial charge is 0.226 e. The van der Waals surface area contributed by atoms with Crippen molar-refractivity contribution in [3.8, 4) is 0 Å². The lowest BCUT2D eigenvalue weighted by Crippen LogP contribution is -2.10. The van der Waals surface area contributed by atoms with Crippen molar-refractivity contribution in [2.24, 2.45) is 0 Å². The van der Waals surface area contributed by atoms with Crippen LogP contribution in [0.4, 0.5) is 10.3 Å². The van der Waals surface area contributed by atoms with Crippen LogP contribution in [0.3, 0.4) is 0 Å². The normalized spacial score (nSPS) is 11.3. The molecule has 0 aliphatic heterocycles. The first-order valence-electron chi connectivity index (χ1n) is 12.3. The van der Waals surface area contributed by atoms with Gasteiger partial charge in [-0.05, 0) is 44.2 Å². The highest BCUT2D eigenvalue weighted by Crippen LogP contribution is 2.21. The highest BCUT2D eigenvalue weighted by atomic mass is 32.1. The van der Waals surface area contributed by atoms with Crippen LogP contribution in [0.15, 0.2) is 35.0 Å². The Hall–Kier alpha value is -2.15. The number of amides is 1. The minimum absolute atomic E-state index is 0.0105. The standard InChI is InChI=1S/C25H40N4O2S/c1-2-3-4-5-6-7-8-9-10-11-12-13-14-15-16-19-23(30)27-25-29-28-24(32-25)26-21-22-18-17-20-31-22/h9-10,17-18,20H,2-8,11-16,19,21H2,1H3,(H,26,28)(H,27,29,30). The zero-order valence-corrected chi connectivity index (χ0v) is 20.4. The van der Waals surface area contributed by atoms with Gasteiger partial charge >= 0.3 is 0 Å². The highest BCUT2D eigenvalue weighted by molar-refractivity contribution is 7.19. The molecule has 6 nitrogen and oxygen atoms in total. The van der Waals surface area contributed by atoms with Gasteiger partial charge in [-0.1, -0.05) is 81.8 Å². The average molecular weight is 461 g/mol. The monoisotopic (exact) mass is 460 g/mol. The molecule has 0 saturated heterocycles. The second kappa shape index (κ2) is 17.4. The molecule has 0 spiro atoms. The van der Waals surface area contributed by atoms with Gasteiger partial charge in [0.1, 0.15) is 5.76 Å². The van der Waals surface area contributed by atoms with E-state index in [4.69, 9.17) is 4.42 Å². The average Bonchev–Trinajstić information content (AvgIpc) is 3.47. The van der Waals surface area contributed by atoms with Gasteiger partial charge in [-0.3, -0.25) is 4.79 Å². The Labute approximate surface area is 197 Å². The number of nitrogens with zero attached hydrogens (tertiary/aromatic N) is 2. The first-order chi connectivity index (χ1) is 15.8. The molecular formula is C25H40N4O2S. The predicted molar refractivity (Wildman–Crippen MR) is 134 cm³/mol. The van der Waals surface area contributed by atoms with Gasteiger partial charge < -0.3 is 15.1 Å². The Morgan fingerprint density at radius 3 is 2.28 bits per heavy atom. The number of aromatic nitrogens is 2. The van der Waals surface area contributed by atoms with Crippen molar-refractivity contribution in [1.29, 1.82) is 0 Å². The highest BCUT2D eigenvalue weighted by Gasteiger charge is 2.08. The molecule has 1 amide bonds. The second-order valence-corrected chi connectivity index (χ2v) is 9.21. The van der Waals surface area contributed by atoms with E-state index < -0.39 is 0 Å². The molecule has 0 saturated carbocycles. The fraction of sp³-hybridized carbons (Fsp3) is 0.640. The van der Waals surface area contributed by atoms with Crippen LogP contribution < -0.4 is 10.6 Å². The van der Waals surface area contributed by atoms with E-state index in [1.807, 2.05) is 12.1 Å². The minimum Gasteiger partial charge on any atom is -0.467 e. The lowest BCUT2D eigenvalue weighted by Gasteiger charge is -2.02. The van der Waals surface area contributed by atoms with E-state index in [1.54, 1.807) is 6.26 Å². The van der Waals surface area contributed by atoms with Crippen molar-refractivity contribution in [3.05, 3.63) is 36.3 Å². The van der Waals surface area contributed by atoms with Gasteiger partial charge in [0.15, 0.2) is 0 Å². The molecule has 2 aromatic heterocycles. The summed E-state index contributed by atoms with van der Waals surface area (Å²) in [6, 6.07) is 3.74. The van der Waals surface area contributed by atoms with Crippen LogP contribution in [-0.4, -0.2) is 16.1 Å². The largest absolute Gasteiger partial charge is 0.467 e. The van der Waals surface area contributed by atoms with Gasteiger partial charge in [0.05, 0.1) is 12.8 Å². The van der Waals surface area contributed by atoms with Crippen molar-refractivity contribution >= 4 is 27.5 Å². The van der Waals surface area contributed by atoms with E-state index in [-0.39, 0.29) is 5.91 Å². The third kappa shape index (κ3) is 12.6. The molecule has 178 valence electrons. The molecule has 2 aromatic rings. The Kier molecular flexibility index (Phi) is 14.2. The van der Waals surface area contributed by atoms with Gasteiger partial charge in [0.25, 0.3) is 0 Å². The summed E-state index contributed by atoms with van der Waals surface area (Å²) < 4.78 is 5.27. The maximum atomic E-state index is 12.1. The van der Waals surface area contributed by atoms with Gasteiger partial charge in [-0.15, -0.1) is 10.2 Å². The molecule has 0 aliphatic rings. The molecule has 0 aliphatic carbocycles. The molecule has 0 bridgehead atoms. The molecule has 0 radical (unpaired) electrons. The van der Waals surface area contributed by atoms with Crippen LogP contribution in [0.25, 0.3) is 0 Å². The number of furan rings is 1. The topological polar surface area (TPSA) is 80.0 Å². The molecule has 2 N–H and O–H groups in total. The van der Waals surface area contributed by atoms with Crippen LogP contribution in [0.5, 0.6) is 0 Å². The van der Waals surface area contributed by atoms with E-state index in [0.29, 0.717) is 23.2 Å². The van der Waals surface area contributed by atoms with E-state index >= 15 is 0 Å². The van der Waals surface area contributed by atoms with Gasteiger partial charge in [0, 0.05) is 6.42 Å². The van der Waals surface area contributed by atoms with Gasteiger partial charge in [-0.25, -0.2) is 0 Å². The van der Waals surface area contributed by atoms with Crippen LogP contribution in [0.1, 0.15) is 103 Å².